The standard InChI is InChI=1S/C40H57NO3/c1-31(2)29-32(3)13-9-10-14-33(4)39(36-15-7-6-8-16-36)17-11-27-41-40(42)18-12-28-44-38-25-21-35(22-26-38)30-34-19-23-37(43-5)24-20-34/h6-8,15-16,19-26,31-33,39H,9-14,17-18,27-30H2,1-5H3,(H,41,42)/t32-,33+,39?/m1/s1. The third kappa shape index (κ3) is 13.6. The van der Waals surface area contributed by atoms with Gasteiger partial charge in [0, 0.05) is 13.0 Å². The Kier molecular flexibility index (Phi) is 15.9. The average Bonchev–Trinajstić information content (AvgIpc) is 3.02. The zero-order chi connectivity index (χ0) is 31.6. The number of hydrogen-bond acceptors (Lipinski definition) is 3. The highest BCUT2D eigenvalue weighted by Gasteiger charge is 2.19. The van der Waals surface area contributed by atoms with Crippen molar-refractivity contribution in [2.45, 2.75) is 97.8 Å². The molecule has 0 bridgehead atoms. The van der Waals surface area contributed by atoms with Crippen LogP contribution in [0.3, 0.4) is 0 Å². The van der Waals surface area contributed by atoms with Crippen molar-refractivity contribution < 1.29 is 14.3 Å². The Morgan fingerprint density at radius 2 is 1.36 bits per heavy atom. The topological polar surface area (TPSA) is 47.6 Å². The van der Waals surface area contributed by atoms with Gasteiger partial charge in [-0.25, -0.2) is 0 Å². The molecule has 0 heterocycles. The Balaban J connectivity index is 1.31. The molecule has 4 heteroatoms. The summed E-state index contributed by atoms with van der Waals surface area (Å²) in [7, 11) is 1.68. The molecule has 0 aromatic heterocycles. The Hall–Kier alpha value is -3.27. The lowest BCUT2D eigenvalue weighted by Gasteiger charge is -2.25. The summed E-state index contributed by atoms with van der Waals surface area (Å²) in [5.74, 6) is 4.63. The summed E-state index contributed by atoms with van der Waals surface area (Å²) in [6.45, 7) is 10.7. The van der Waals surface area contributed by atoms with Crippen molar-refractivity contribution in [3.8, 4) is 11.5 Å². The molecule has 4 nitrogen and oxygen atoms in total. The molecule has 0 spiro atoms. The molecule has 1 N–H and O–H groups in total. The Bertz CT molecular complexity index is 1170. The SMILES string of the molecule is COc1ccc(Cc2ccc(OCCCC(=O)NCCCC(c3ccccc3)[C@@H](C)CCCC[C@@H](C)CC(C)C)cc2)cc1. The lowest BCUT2D eigenvalue weighted by atomic mass is 9.80. The first-order valence-corrected chi connectivity index (χ1v) is 17.0. The highest BCUT2D eigenvalue weighted by Crippen LogP contribution is 2.33. The molecule has 0 radical (unpaired) electrons. The number of hydrogen-bond donors (Lipinski definition) is 1. The summed E-state index contributed by atoms with van der Waals surface area (Å²) in [6.07, 6.45) is 10.8. The summed E-state index contributed by atoms with van der Waals surface area (Å²) in [6, 6.07) is 27.4. The summed E-state index contributed by atoms with van der Waals surface area (Å²) >= 11 is 0. The average molecular weight is 600 g/mol. The van der Waals surface area contributed by atoms with Crippen LogP contribution in [0.2, 0.25) is 0 Å². The van der Waals surface area contributed by atoms with Crippen LogP contribution in [0.15, 0.2) is 78.9 Å². The minimum Gasteiger partial charge on any atom is -0.497 e. The Morgan fingerprint density at radius 3 is 2.00 bits per heavy atom. The Labute approximate surface area is 268 Å². The van der Waals surface area contributed by atoms with Crippen molar-refractivity contribution in [2.75, 3.05) is 20.3 Å². The van der Waals surface area contributed by atoms with E-state index in [1.807, 2.05) is 24.3 Å². The highest BCUT2D eigenvalue weighted by molar-refractivity contribution is 5.75. The lowest BCUT2D eigenvalue weighted by molar-refractivity contribution is -0.121. The normalized spacial score (nSPS) is 13.3. The summed E-state index contributed by atoms with van der Waals surface area (Å²) in [5.41, 5.74) is 3.91. The van der Waals surface area contributed by atoms with Crippen molar-refractivity contribution in [1.29, 1.82) is 0 Å². The second-order valence-electron chi connectivity index (χ2n) is 13.1. The predicted octanol–water partition coefficient (Wildman–Crippen LogP) is 10.0. The molecule has 3 rings (SSSR count). The number of carbonyl (C=O) groups is 1. The van der Waals surface area contributed by atoms with Gasteiger partial charge in [-0.3, -0.25) is 4.79 Å². The van der Waals surface area contributed by atoms with Crippen LogP contribution in [0.25, 0.3) is 0 Å². The predicted molar refractivity (Wildman–Crippen MR) is 185 cm³/mol. The largest absolute Gasteiger partial charge is 0.497 e. The van der Waals surface area contributed by atoms with Gasteiger partial charge in [0.15, 0.2) is 0 Å². The van der Waals surface area contributed by atoms with E-state index in [4.69, 9.17) is 9.47 Å². The van der Waals surface area contributed by atoms with E-state index in [0.717, 1.165) is 49.1 Å². The van der Waals surface area contributed by atoms with Gasteiger partial charge in [-0.2, -0.15) is 0 Å². The van der Waals surface area contributed by atoms with E-state index in [0.29, 0.717) is 31.3 Å². The molecule has 0 aliphatic carbocycles. The molecule has 240 valence electrons. The number of methoxy groups -OCH3 is 1. The summed E-state index contributed by atoms with van der Waals surface area (Å²) in [4.78, 5) is 12.5. The van der Waals surface area contributed by atoms with Gasteiger partial charge in [-0.15, -0.1) is 0 Å². The van der Waals surface area contributed by atoms with Crippen LogP contribution < -0.4 is 14.8 Å². The van der Waals surface area contributed by atoms with Crippen molar-refractivity contribution in [1.82, 2.24) is 5.32 Å². The second-order valence-corrected chi connectivity index (χ2v) is 13.1. The molecule has 3 atom stereocenters. The number of nitrogens with one attached hydrogen (secondary N) is 1. The zero-order valence-electron chi connectivity index (χ0n) is 28.0. The second kappa shape index (κ2) is 19.9. The maximum absolute atomic E-state index is 12.5. The molecule has 1 amide bonds. The lowest BCUT2D eigenvalue weighted by Crippen LogP contribution is -2.25. The van der Waals surface area contributed by atoms with Crippen LogP contribution >= 0.6 is 0 Å². The number of unbranched alkanes of at least 4 members (excludes halogenated alkanes) is 1. The molecule has 1 unspecified atom stereocenters. The van der Waals surface area contributed by atoms with E-state index in [1.165, 1.54) is 48.8 Å². The maximum atomic E-state index is 12.5. The Morgan fingerprint density at radius 1 is 0.727 bits per heavy atom. The minimum atomic E-state index is 0.114. The quantitative estimate of drug-likeness (QED) is 0.124. The fourth-order valence-corrected chi connectivity index (χ4v) is 6.31. The van der Waals surface area contributed by atoms with E-state index in [2.05, 4.69) is 87.6 Å². The number of carbonyl (C=O) groups excluding carboxylic acids is 1. The summed E-state index contributed by atoms with van der Waals surface area (Å²) < 4.78 is 11.1. The van der Waals surface area contributed by atoms with E-state index in [1.54, 1.807) is 7.11 Å². The van der Waals surface area contributed by atoms with Crippen molar-refractivity contribution in [3.05, 3.63) is 95.6 Å². The smallest absolute Gasteiger partial charge is 0.220 e. The van der Waals surface area contributed by atoms with Gasteiger partial charge < -0.3 is 14.8 Å². The van der Waals surface area contributed by atoms with Gasteiger partial charge in [-0.1, -0.05) is 108 Å². The van der Waals surface area contributed by atoms with Gasteiger partial charge in [0.25, 0.3) is 0 Å². The summed E-state index contributed by atoms with van der Waals surface area (Å²) in [5, 5.41) is 3.14. The molecule has 44 heavy (non-hydrogen) atoms. The van der Waals surface area contributed by atoms with Crippen LogP contribution in [-0.4, -0.2) is 26.2 Å². The van der Waals surface area contributed by atoms with Gasteiger partial charge in [0.05, 0.1) is 13.7 Å². The first kappa shape index (κ1) is 35.2. The molecular formula is C40H57NO3. The van der Waals surface area contributed by atoms with E-state index in [9.17, 15) is 4.79 Å². The van der Waals surface area contributed by atoms with E-state index >= 15 is 0 Å². The maximum Gasteiger partial charge on any atom is 0.220 e. The molecule has 0 saturated carbocycles. The molecule has 0 saturated heterocycles. The first-order valence-electron chi connectivity index (χ1n) is 17.0. The minimum absolute atomic E-state index is 0.114. The highest BCUT2D eigenvalue weighted by atomic mass is 16.5. The molecule has 0 aliphatic rings. The number of amides is 1. The van der Waals surface area contributed by atoms with Crippen LogP contribution in [0.1, 0.15) is 108 Å². The molecule has 0 aliphatic heterocycles. The molecule has 0 fully saturated rings. The van der Waals surface area contributed by atoms with Crippen molar-refractivity contribution >= 4 is 5.91 Å². The third-order valence-corrected chi connectivity index (χ3v) is 8.72. The van der Waals surface area contributed by atoms with Crippen molar-refractivity contribution in [2.24, 2.45) is 17.8 Å². The van der Waals surface area contributed by atoms with Crippen LogP contribution in [0, 0.1) is 17.8 Å². The molecule has 3 aromatic carbocycles. The van der Waals surface area contributed by atoms with Gasteiger partial charge in [0.1, 0.15) is 11.5 Å². The van der Waals surface area contributed by atoms with Gasteiger partial charge in [-0.05, 0) is 96.7 Å². The fraction of sp³-hybridized carbons (Fsp3) is 0.525. The first-order chi connectivity index (χ1) is 21.3. The van der Waals surface area contributed by atoms with Gasteiger partial charge in [0.2, 0.25) is 5.91 Å². The molecular weight excluding hydrogens is 542 g/mol. The fourth-order valence-electron chi connectivity index (χ4n) is 6.31. The number of rotatable bonds is 21. The monoisotopic (exact) mass is 599 g/mol. The van der Waals surface area contributed by atoms with Crippen LogP contribution in [0.5, 0.6) is 11.5 Å². The van der Waals surface area contributed by atoms with E-state index < -0.39 is 0 Å². The third-order valence-electron chi connectivity index (χ3n) is 8.72. The number of ether oxygens (including phenoxy) is 2. The van der Waals surface area contributed by atoms with Crippen molar-refractivity contribution in [3.63, 3.8) is 0 Å². The van der Waals surface area contributed by atoms with Gasteiger partial charge >= 0.3 is 0 Å². The van der Waals surface area contributed by atoms with Crippen LogP contribution in [-0.2, 0) is 11.2 Å². The van der Waals surface area contributed by atoms with E-state index in [-0.39, 0.29) is 5.91 Å². The zero-order valence-corrected chi connectivity index (χ0v) is 28.0. The van der Waals surface area contributed by atoms with Crippen LogP contribution in [0.4, 0.5) is 0 Å². The molecule has 3 aromatic rings. The number of benzene rings is 3.